The van der Waals surface area contributed by atoms with Crippen LogP contribution in [0.5, 0.6) is 0 Å². The largest absolute Gasteiger partial charge is 0.398 e. The number of halogens is 1. The van der Waals surface area contributed by atoms with Crippen molar-refractivity contribution in [2.24, 2.45) is 0 Å². The van der Waals surface area contributed by atoms with Gasteiger partial charge in [0.25, 0.3) is 0 Å². The number of anilines is 1. The fourth-order valence-electron chi connectivity index (χ4n) is 2.08. The SMILES string of the molecule is COC1CCN(Cc2ccc(Cl)c(N)c2)C1. The number of rotatable bonds is 3. The lowest BCUT2D eigenvalue weighted by Crippen LogP contribution is -2.22. The predicted molar refractivity (Wildman–Crippen MR) is 66.6 cm³/mol. The van der Waals surface area contributed by atoms with Crippen LogP contribution in [0.2, 0.25) is 5.02 Å². The highest BCUT2D eigenvalue weighted by Gasteiger charge is 2.21. The second-order valence-corrected chi connectivity index (χ2v) is 4.64. The van der Waals surface area contributed by atoms with E-state index in [0.29, 0.717) is 16.8 Å². The third kappa shape index (κ3) is 2.67. The summed E-state index contributed by atoms with van der Waals surface area (Å²) < 4.78 is 5.33. The van der Waals surface area contributed by atoms with Crippen molar-refractivity contribution in [3.63, 3.8) is 0 Å². The summed E-state index contributed by atoms with van der Waals surface area (Å²) in [6, 6.07) is 5.83. The molecule has 1 fully saturated rings. The molecule has 1 aliphatic rings. The van der Waals surface area contributed by atoms with Gasteiger partial charge in [0.2, 0.25) is 0 Å². The second-order valence-electron chi connectivity index (χ2n) is 4.24. The molecular weight excluding hydrogens is 224 g/mol. The van der Waals surface area contributed by atoms with Gasteiger partial charge in [-0.25, -0.2) is 0 Å². The number of methoxy groups -OCH3 is 1. The first kappa shape index (κ1) is 11.7. The molecule has 1 aliphatic heterocycles. The molecule has 2 N–H and O–H groups in total. The molecule has 0 bridgehead atoms. The van der Waals surface area contributed by atoms with Gasteiger partial charge >= 0.3 is 0 Å². The quantitative estimate of drug-likeness (QED) is 0.823. The van der Waals surface area contributed by atoms with Gasteiger partial charge in [-0.2, -0.15) is 0 Å². The van der Waals surface area contributed by atoms with E-state index in [1.165, 1.54) is 5.56 Å². The highest BCUT2D eigenvalue weighted by Crippen LogP contribution is 2.22. The van der Waals surface area contributed by atoms with Crippen LogP contribution in [0.1, 0.15) is 12.0 Å². The van der Waals surface area contributed by atoms with Crippen LogP contribution >= 0.6 is 11.6 Å². The summed E-state index contributed by atoms with van der Waals surface area (Å²) >= 11 is 5.88. The van der Waals surface area contributed by atoms with Gasteiger partial charge in [0.05, 0.1) is 16.8 Å². The van der Waals surface area contributed by atoms with Crippen molar-refractivity contribution in [2.75, 3.05) is 25.9 Å². The summed E-state index contributed by atoms with van der Waals surface area (Å²) in [7, 11) is 1.77. The van der Waals surface area contributed by atoms with Gasteiger partial charge in [0, 0.05) is 26.7 Å². The first-order valence-corrected chi connectivity index (χ1v) is 5.86. The molecule has 88 valence electrons. The van der Waals surface area contributed by atoms with Crippen LogP contribution in [-0.2, 0) is 11.3 Å². The molecule has 0 spiro atoms. The van der Waals surface area contributed by atoms with Gasteiger partial charge in [0.1, 0.15) is 0 Å². The van der Waals surface area contributed by atoms with Gasteiger partial charge in [-0.05, 0) is 24.1 Å². The van der Waals surface area contributed by atoms with Crippen LogP contribution < -0.4 is 5.73 Å². The predicted octanol–water partition coefficient (Wildman–Crippen LogP) is 2.14. The molecule has 0 saturated carbocycles. The molecule has 2 rings (SSSR count). The molecule has 1 aromatic rings. The van der Waals surface area contributed by atoms with E-state index in [4.69, 9.17) is 22.1 Å². The van der Waals surface area contributed by atoms with E-state index in [9.17, 15) is 0 Å². The Kier molecular flexibility index (Phi) is 3.69. The minimum Gasteiger partial charge on any atom is -0.398 e. The van der Waals surface area contributed by atoms with Crippen molar-refractivity contribution < 1.29 is 4.74 Å². The molecule has 1 atom stereocenters. The normalized spacial score (nSPS) is 21.5. The standard InChI is InChI=1S/C12H17ClN2O/c1-16-10-4-5-15(8-10)7-9-2-3-11(13)12(14)6-9/h2-3,6,10H,4-5,7-8,14H2,1H3. The zero-order chi connectivity index (χ0) is 11.5. The summed E-state index contributed by atoms with van der Waals surface area (Å²) in [5.74, 6) is 0. The monoisotopic (exact) mass is 240 g/mol. The Bertz CT molecular complexity index is 370. The van der Waals surface area contributed by atoms with E-state index >= 15 is 0 Å². The van der Waals surface area contributed by atoms with Crippen LogP contribution in [0.15, 0.2) is 18.2 Å². The zero-order valence-corrected chi connectivity index (χ0v) is 10.2. The first-order chi connectivity index (χ1) is 7.69. The van der Waals surface area contributed by atoms with Crippen molar-refractivity contribution in [2.45, 2.75) is 19.1 Å². The summed E-state index contributed by atoms with van der Waals surface area (Å²) in [5.41, 5.74) is 7.63. The molecule has 1 heterocycles. The Hall–Kier alpha value is -0.770. The average molecular weight is 241 g/mol. The topological polar surface area (TPSA) is 38.5 Å². The van der Waals surface area contributed by atoms with Crippen LogP contribution in [0.3, 0.4) is 0 Å². The fraction of sp³-hybridized carbons (Fsp3) is 0.500. The van der Waals surface area contributed by atoms with Gasteiger partial charge < -0.3 is 10.5 Å². The highest BCUT2D eigenvalue weighted by atomic mass is 35.5. The molecule has 0 amide bonds. The molecule has 1 aromatic carbocycles. The third-order valence-corrected chi connectivity index (χ3v) is 3.37. The average Bonchev–Trinajstić information content (AvgIpc) is 2.71. The van der Waals surface area contributed by atoms with E-state index in [-0.39, 0.29) is 0 Å². The van der Waals surface area contributed by atoms with Crippen molar-refractivity contribution in [1.82, 2.24) is 4.90 Å². The number of hydrogen-bond donors (Lipinski definition) is 1. The lowest BCUT2D eigenvalue weighted by molar-refractivity contribution is 0.107. The lowest BCUT2D eigenvalue weighted by Gasteiger charge is -2.16. The molecule has 3 nitrogen and oxygen atoms in total. The number of hydrogen-bond acceptors (Lipinski definition) is 3. The van der Waals surface area contributed by atoms with Crippen molar-refractivity contribution in [1.29, 1.82) is 0 Å². The minimum absolute atomic E-state index is 0.379. The van der Waals surface area contributed by atoms with E-state index in [1.807, 2.05) is 18.2 Å². The van der Waals surface area contributed by atoms with Gasteiger partial charge in [-0.3, -0.25) is 4.90 Å². The Balaban J connectivity index is 1.97. The summed E-state index contributed by atoms with van der Waals surface area (Å²) in [4.78, 5) is 2.37. The number of benzene rings is 1. The van der Waals surface area contributed by atoms with Crippen LogP contribution in [-0.4, -0.2) is 31.2 Å². The fourth-order valence-corrected chi connectivity index (χ4v) is 2.20. The molecule has 1 saturated heterocycles. The summed E-state index contributed by atoms with van der Waals surface area (Å²) in [6.45, 7) is 3.00. The number of nitrogen functional groups attached to an aromatic ring is 1. The lowest BCUT2D eigenvalue weighted by atomic mass is 10.2. The maximum Gasteiger partial charge on any atom is 0.0710 e. The van der Waals surface area contributed by atoms with Crippen LogP contribution in [0, 0.1) is 0 Å². The molecule has 0 aromatic heterocycles. The van der Waals surface area contributed by atoms with Crippen molar-refractivity contribution in [3.8, 4) is 0 Å². The molecule has 4 heteroatoms. The molecule has 0 aliphatic carbocycles. The Labute approximate surface area is 101 Å². The first-order valence-electron chi connectivity index (χ1n) is 5.48. The molecule has 16 heavy (non-hydrogen) atoms. The number of nitrogens with zero attached hydrogens (tertiary/aromatic N) is 1. The minimum atomic E-state index is 0.379. The zero-order valence-electron chi connectivity index (χ0n) is 9.45. The highest BCUT2D eigenvalue weighted by molar-refractivity contribution is 6.33. The van der Waals surface area contributed by atoms with Crippen molar-refractivity contribution >= 4 is 17.3 Å². The number of ether oxygens (including phenoxy) is 1. The second kappa shape index (κ2) is 5.04. The maximum atomic E-state index is 5.88. The van der Waals surface area contributed by atoms with E-state index < -0.39 is 0 Å². The van der Waals surface area contributed by atoms with E-state index in [2.05, 4.69) is 4.90 Å². The number of nitrogens with two attached hydrogens (primary N) is 1. The Morgan fingerprint density at radius 1 is 1.56 bits per heavy atom. The molecular formula is C12H17ClN2O. The molecule has 1 unspecified atom stereocenters. The third-order valence-electron chi connectivity index (χ3n) is 3.03. The number of likely N-dealkylation sites (tertiary alicyclic amines) is 1. The summed E-state index contributed by atoms with van der Waals surface area (Å²) in [5, 5.41) is 0.625. The van der Waals surface area contributed by atoms with Crippen LogP contribution in [0.25, 0.3) is 0 Å². The Morgan fingerprint density at radius 2 is 2.38 bits per heavy atom. The molecule has 0 radical (unpaired) electrons. The summed E-state index contributed by atoms with van der Waals surface area (Å²) in [6.07, 6.45) is 1.49. The van der Waals surface area contributed by atoms with Gasteiger partial charge in [-0.1, -0.05) is 17.7 Å². The van der Waals surface area contributed by atoms with Crippen LogP contribution in [0.4, 0.5) is 5.69 Å². The smallest absolute Gasteiger partial charge is 0.0710 e. The maximum absolute atomic E-state index is 5.88. The van der Waals surface area contributed by atoms with E-state index in [1.54, 1.807) is 7.11 Å². The Morgan fingerprint density at radius 3 is 3.00 bits per heavy atom. The van der Waals surface area contributed by atoms with Gasteiger partial charge in [0.15, 0.2) is 0 Å². The van der Waals surface area contributed by atoms with Crippen molar-refractivity contribution in [3.05, 3.63) is 28.8 Å². The van der Waals surface area contributed by atoms with Gasteiger partial charge in [-0.15, -0.1) is 0 Å². The van der Waals surface area contributed by atoms with E-state index in [0.717, 1.165) is 26.1 Å².